The molecule has 0 saturated carbocycles. The Hall–Kier alpha value is -3.43. The fraction of sp³-hybridized carbons (Fsp3) is 0.520. The van der Waals surface area contributed by atoms with Gasteiger partial charge in [0.15, 0.2) is 5.76 Å². The third-order valence-corrected chi connectivity index (χ3v) is 7.75. The number of carbonyl (C=O) groups excluding carboxylic acids is 2. The highest BCUT2D eigenvalue weighted by atomic mass is 19.1. The van der Waals surface area contributed by atoms with Gasteiger partial charge in [0, 0.05) is 49.7 Å². The van der Waals surface area contributed by atoms with Crippen molar-refractivity contribution in [3.63, 3.8) is 0 Å². The molecule has 3 unspecified atom stereocenters. The second-order valence-corrected chi connectivity index (χ2v) is 9.85. The van der Waals surface area contributed by atoms with Crippen LogP contribution in [0.15, 0.2) is 34.8 Å². The van der Waals surface area contributed by atoms with Crippen LogP contribution in [-0.2, 0) is 26.1 Å². The van der Waals surface area contributed by atoms with Crippen LogP contribution in [0.25, 0.3) is 0 Å². The number of rotatable bonds is 7. The minimum Gasteiger partial charge on any atom is -0.496 e. The molecule has 0 spiro atoms. The Balaban J connectivity index is 1.72. The molecule has 1 aliphatic carbocycles. The van der Waals surface area contributed by atoms with Crippen molar-refractivity contribution in [3.8, 4) is 0 Å². The maximum absolute atomic E-state index is 15.8. The van der Waals surface area contributed by atoms with E-state index in [0.29, 0.717) is 56.0 Å². The molecule has 0 bridgehead atoms. The Morgan fingerprint density at radius 2 is 2.14 bits per heavy atom. The number of aromatic amines is 1. The van der Waals surface area contributed by atoms with Crippen LogP contribution < -0.4 is 16.0 Å². The van der Waals surface area contributed by atoms with Crippen molar-refractivity contribution in [3.05, 3.63) is 51.8 Å². The van der Waals surface area contributed by atoms with Crippen molar-refractivity contribution in [2.75, 3.05) is 39.2 Å². The third kappa shape index (κ3) is 3.04. The van der Waals surface area contributed by atoms with Crippen molar-refractivity contribution in [2.45, 2.75) is 44.6 Å². The molecule has 1 aromatic rings. The van der Waals surface area contributed by atoms with E-state index in [1.54, 1.807) is 0 Å². The minimum absolute atomic E-state index is 0.164. The summed E-state index contributed by atoms with van der Waals surface area (Å²) in [6.07, 6.45) is 3.87. The van der Waals surface area contributed by atoms with E-state index in [1.165, 1.54) is 7.11 Å². The highest BCUT2D eigenvalue weighted by molar-refractivity contribution is 6.04. The lowest BCUT2D eigenvalue weighted by Crippen LogP contribution is -2.57. The van der Waals surface area contributed by atoms with Crippen LogP contribution in [0.4, 0.5) is 10.1 Å². The van der Waals surface area contributed by atoms with Crippen LogP contribution in [0.1, 0.15) is 48.9 Å². The number of fused-ring (bicyclic) bond motifs is 4. The van der Waals surface area contributed by atoms with Gasteiger partial charge in [0.1, 0.15) is 17.1 Å². The van der Waals surface area contributed by atoms with E-state index in [2.05, 4.69) is 27.9 Å². The van der Waals surface area contributed by atoms with Gasteiger partial charge in [-0.25, -0.2) is 4.39 Å². The number of allylic oxidation sites excluding steroid dienone is 2. The molecule has 4 N–H and O–H groups in total. The SMILES string of the molecule is COC1=C(F)C(C)C2=C3C1(C)Nc1c([nH]c4c1C(=O)NCC4)C3(C)C(OCCCNC=O)=CN2C. The average Bonchev–Trinajstić information content (AvgIpc) is 3.19. The molecule has 0 aromatic carbocycles. The molecule has 188 valence electrons. The van der Waals surface area contributed by atoms with Gasteiger partial charge < -0.3 is 35.3 Å². The highest BCUT2D eigenvalue weighted by Crippen LogP contribution is 2.61. The van der Waals surface area contributed by atoms with E-state index in [4.69, 9.17) is 9.47 Å². The van der Waals surface area contributed by atoms with Crippen LogP contribution in [0.2, 0.25) is 0 Å². The standard InChI is InChI=1S/C25H32FN5O4/c1-13-17(26)22(34-5)25(3)20-19(13)31(4)11-15(35-10-6-8-27-12-32)24(20,2)21-18(30-25)16-14(29-21)7-9-28-23(16)33/h11-13,29-30H,6-10H2,1-5H3,(H,27,32)(H,28,33). The van der Waals surface area contributed by atoms with Gasteiger partial charge in [0.25, 0.3) is 5.91 Å². The molecule has 0 radical (unpaired) electrons. The van der Waals surface area contributed by atoms with Gasteiger partial charge in [-0.1, -0.05) is 6.92 Å². The van der Waals surface area contributed by atoms with E-state index >= 15 is 4.39 Å². The zero-order chi connectivity index (χ0) is 25.1. The lowest BCUT2D eigenvalue weighted by Gasteiger charge is -2.55. The summed E-state index contributed by atoms with van der Waals surface area (Å²) in [4.78, 5) is 29.0. The summed E-state index contributed by atoms with van der Waals surface area (Å²) in [5, 5.41) is 9.09. The largest absolute Gasteiger partial charge is 0.496 e. The zero-order valence-electron chi connectivity index (χ0n) is 20.7. The van der Waals surface area contributed by atoms with Crippen molar-refractivity contribution in [1.29, 1.82) is 0 Å². The normalized spacial score (nSPS) is 28.9. The number of amides is 2. The Morgan fingerprint density at radius 3 is 2.86 bits per heavy atom. The molecule has 3 atom stereocenters. The van der Waals surface area contributed by atoms with E-state index in [-0.39, 0.29) is 17.5 Å². The number of hydrogen-bond donors (Lipinski definition) is 4. The second kappa shape index (κ2) is 8.07. The molecule has 5 rings (SSSR count). The van der Waals surface area contributed by atoms with Gasteiger partial charge in [0.05, 0.1) is 42.0 Å². The smallest absolute Gasteiger partial charge is 0.255 e. The summed E-state index contributed by atoms with van der Waals surface area (Å²) in [6.45, 7) is 7.23. The first kappa shape index (κ1) is 23.3. The second-order valence-electron chi connectivity index (χ2n) is 9.85. The first-order chi connectivity index (χ1) is 16.7. The van der Waals surface area contributed by atoms with Crippen LogP contribution in [0.3, 0.4) is 0 Å². The summed E-state index contributed by atoms with van der Waals surface area (Å²) in [7, 11) is 3.37. The Kier molecular flexibility index (Phi) is 5.37. The average molecular weight is 486 g/mol. The number of aromatic nitrogens is 1. The van der Waals surface area contributed by atoms with Crippen molar-refractivity contribution in [2.24, 2.45) is 5.92 Å². The monoisotopic (exact) mass is 485 g/mol. The number of hydrogen-bond acceptors (Lipinski definition) is 6. The first-order valence-electron chi connectivity index (χ1n) is 12.0. The number of nitrogens with zero attached hydrogens (tertiary/aromatic N) is 1. The lowest BCUT2D eigenvalue weighted by molar-refractivity contribution is -0.109. The summed E-state index contributed by atoms with van der Waals surface area (Å²) in [6, 6.07) is 0. The number of nitrogens with one attached hydrogen (secondary N) is 4. The van der Waals surface area contributed by atoms with Crippen LogP contribution in [0, 0.1) is 5.92 Å². The zero-order valence-corrected chi connectivity index (χ0v) is 20.7. The van der Waals surface area contributed by atoms with Gasteiger partial charge in [-0.15, -0.1) is 0 Å². The fourth-order valence-corrected chi connectivity index (χ4v) is 6.27. The Morgan fingerprint density at radius 1 is 1.37 bits per heavy atom. The number of carbonyl (C=O) groups is 2. The van der Waals surface area contributed by atoms with Gasteiger partial charge in [-0.05, 0) is 20.3 Å². The molecular weight excluding hydrogens is 453 g/mol. The number of methoxy groups -OCH3 is 1. The van der Waals surface area contributed by atoms with Crippen LogP contribution in [-0.4, -0.2) is 61.6 Å². The van der Waals surface area contributed by atoms with Gasteiger partial charge in [-0.3, -0.25) is 9.59 Å². The van der Waals surface area contributed by atoms with Gasteiger partial charge >= 0.3 is 0 Å². The Bertz CT molecular complexity index is 1200. The molecule has 4 aliphatic rings. The number of anilines is 1. The fourth-order valence-electron chi connectivity index (χ4n) is 6.27. The third-order valence-electron chi connectivity index (χ3n) is 7.75. The topological polar surface area (TPSA) is 108 Å². The van der Waals surface area contributed by atoms with Crippen LogP contribution in [0.5, 0.6) is 0 Å². The molecular formula is C25H32FN5O4. The molecule has 10 heteroatoms. The molecule has 9 nitrogen and oxygen atoms in total. The quantitative estimate of drug-likeness (QED) is 0.349. The van der Waals surface area contributed by atoms with Crippen LogP contribution >= 0.6 is 0 Å². The summed E-state index contributed by atoms with van der Waals surface area (Å²) in [5.74, 6) is -0.143. The number of halogens is 1. The highest BCUT2D eigenvalue weighted by Gasteiger charge is 2.61. The first-order valence-corrected chi connectivity index (χ1v) is 12.0. The van der Waals surface area contributed by atoms with Gasteiger partial charge in [0.2, 0.25) is 6.41 Å². The number of ether oxygens (including phenoxy) is 2. The number of H-pyrrole nitrogens is 1. The maximum atomic E-state index is 15.8. The molecule has 0 fully saturated rings. The Labute approximate surface area is 203 Å². The van der Waals surface area contributed by atoms with Gasteiger partial charge in [-0.2, -0.15) is 0 Å². The van der Waals surface area contributed by atoms with E-state index < -0.39 is 16.9 Å². The maximum Gasteiger partial charge on any atom is 0.255 e. The van der Waals surface area contributed by atoms with Crippen molar-refractivity contribution >= 4 is 18.0 Å². The summed E-state index contributed by atoms with van der Waals surface area (Å²) >= 11 is 0. The van der Waals surface area contributed by atoms with Crippen molar-refractivity contribution in [1.82, 2.24) is 20.5 Å². The summed E-state index contributed by atoms with van der Waals surface area (Å²) in [5.41, 5.74) is 2.76. The molecule has 3 aliphatic heterocycles. The van der Waals surface area contributed by atoms with E-state index in [0.717, 1.165) is 22.7 Å². The molecule has 1 aromatic heterocycles. The van der Waals surface area contributed by atoms with Crippen molar-refractivity contribution < 1.29 is 23.5 Å². The molecule has 0 saturated heterocycles. The van der Waals surface area contributed by atoms with E-state index in [9.17, 15) is 9.59 Å². The predicted molar refractivity (Wildman–Crippen MR) is 128 cm³/mol. The minimum atomic E-state index is -1.05. The molecule has 35 heavy (non-hydrogen) atoms. The van der Waals surface area contributed by atoms with E-state index in [1.807, 2.05) is 32.0 Å². The molecule has 4 heterocycles. The lowest BCUT2D eigenvalue weighted by atomic mass is 9.60. The molecule has 2 amide bonds. The predicted octanol–water partition coefficient (Wildman–Crippen LogP) is 2.41. The summed E-state index contributed by atoms with van der Waals surface area (Å²) < 4.78 is 27.8.